The zero-order chi connectivity index (χ0) is 15.2. The number of carbonyl (C=O) groups is 1. The molecule has 0 aliphatic heterocycles. The molecular weight excluding hydrogens is 286 g/mol. The fraction of sp³-hybridized carbons (Fsp3) is 0.333. The second kappa shape index (κ2) is 7.08. The van der Waals surface area contributed by atoms with Crippen molar-refractivity contribution in [3.63, 3.8) is 0 Å². The van der Waals surface area contributed by atoms with Crippen molar-refractivity contribution in [1.82, 2.24) is 10.3 Å². The minimum absolute atomic E-state index is 0.237. The molecule has 0 aliphatic carbocycles. The molecule has 0 radical (unpaired) electrons. The highest BCUT2D eigenvalue weighted by atomic mass is 32.1. The Bertz CT molecular complexity index is 606. The van der Waals surface area contributed by atoms with Crippen LogP contribution in [0.4, 0.5) is 9.93 Å². The van der Waals surface area contributed by atoms with Gasteiger partial charge in [-0.3, -0.25) is 5.32 Å². The largest absolute Gasteiger partial charge is 0.496 e. The van der Waals surface area contributed by atoms with Crippen LogP contribution in [0.3, 0.4) is 0 Å². The van der Waals surface area contributed by atoms with Crippen LogP contribution < -0.4 is 15.4 Å². The van der Waals surface area contributed by atoms with Crippen LogP contribution in [0.2, 0.25) is 0 Å². The number of hydrogen-bond donors (Lipinski definition) is 2. The summed E-state index contributed by atoms with van der Waals surface area (Å²) in [5.41, 5.74) is 2.02. The van der Waals surface area contributed by atoms with E-state index in [1.54, 1.807) is 7.11 Å². The van der Waals surface area contributed by atoms with Crippen LogP contribution in [0.5, 0.6) is 5.75 Å². The van der Waals surface area contributed by atoms with Crippen molar-refractivity contribution in [1.29, 1.82) is 0 Å². The van der Waals surface area contributed by atoms with Crippen LogP contribution in [-0.4, -0.2) is 24.7 Å². The van der Waals surface area contributed by atoms with Crippen molar-refractivity contribution in [3.05, 3.63) is 40.4 Å². The Labute approximate surface area is 128 Å². The first-order valence-electron chi connectivity index (χ1n) is 6.71. The molecule has 0 atom stereocenters. The zero-order valence-electron chi connectivity index (χ0n) is 12.4. The first-order chi connectivity index (χ1) is 10.1. The normalized spacial score (nSPS) is 10.2. The van der Waals surface area contributed by atoms with E-state index in [0.717, 1.165) is 21.9 Å². The topological polar surface area (TPSA) is 63.2 Å². The molecule has 2 N–H and O–H groups in total. The van der Waals surface area contributed by atoms with E-state index in [1.165, 1.54) is 11.3 Å². The number of nitrogens with one attached hydrogen (secondary N) is 2. The molecule has 0 spiro atoms. The number of rotatable bonds is 5. The second-order valence-corrected chi connectivity index (χ2v) is 5.81. The highest BCUT2D eigenvalue weighted by molar-refractivity contribution is 7.15. The van der Waals surface area contributed by atoms with Crippen LogP contribution in [0.25, 0.3) is 0 Å². The number of benzene rings is 1. The molecule has 2 aromatic rings. The molecule has 21 heavy (non-hydrogen) atoms. The molecule has 112 valence electrons. The van der Waals surface area contributed by atoms with Gasteiger partial charge in [-0.25, -0.2) is 9.78 Å². The van der Waals surface area contributed by atoms with Crippen LogP contribution in [-0.2, 0) is 6.42 Å². The Hall–Kier alpha value is -2.08. The van der Waals surface area contributed by atoms with E-state index in [2.05, 4.69) is 15.6 Å². The molecule has 0 aliphatic rings. The zero-order valence-corrected chi connectivity index (χ0v) is 13.2. The summed E-state index contributed by atoms with van der Waals surface area (Å²) in [5, 5.41) is 6.19. The van der Waals surface area contributed by atoms with Gasteiger partial charge in [0.05, 0.1) is 12.8 Å². The van der Waals surface area contributed by atoms with E-state index < -0.39 is 0 Å². The maximum Gasteiger partial charge on any atom is 0.321 e. The molecule has 0 saturated heterocycles. The van der Waals surface area contributed by atoms with E-state index in [0.29, 0.717) is 18.1 Å². The lowest BCUT2D eigenvalue weighted by molar-refractivity contribution is 0.252. The summed E-state index contributed by atoms with van der Waals surface area (Å²) >= 11 is 1.48. The molecule has 1 aromatic carbocycles. The molecule has 0 bridgehead atoms. The number of anilines is 1. The minimum Gasteiger partial charge on any atom is -0.496 e. The predicted molar refractivity (Wildman–Crippen MR) is 85.3 cm³/mol. The van der Waals surface area contributed by atoms with Gasteiger partial charge in [-0.15, -0.1) is 11.3 Å². The third kappa shape index (κ3) is 4.19. The number of para-hydroxylation sites is 1. The Balaban J connectivity index is 1.81. The fourth-order valence-corrected chi connectivity index (χ4v) is 2.70. The number of carbonyl (C=O) groups excluding carboxylic acids is 1. The maximum atomic E-state index is 11.8. The number of urea groups is 1. The number of aromatic nitrogens is 1. The highest BCUT2D eigenvalue weighted by Crippen LogP contribution is 2.21. The number of nitrogens with zero attached hydrogens (tertiary/aromatic N) is 1. The van der Waals surface area contributed by atoms with E-state index in [4.69, 9.17) is 4.74 Å². The first kappa shape index (κ1) is 15.3. The van der Waals surface area contributed by atoms with Gasteiger partial charge in [0, 0.05) is 11.4 Å². The summed E-state index contributed by atoms with van der Waals surface area (Å²) in [4.78, 5) is 17.2. The summed E-state index contributed by atoms with van der Waals surface area (Å²) in [5.74, 6) is 0.839. The third-order valence-electron chi connectivity index (χ3n) is 3.12. The standard InChI is InChI=1S/C15H19N3O2S/c1-10-11(2)21-15(17-10)18-14(19)16-9-8-12-6-4-5-7-13(12)20-3/h4-7H,8-9H2,1-3H3,(H2,16,17,18,19). The van der Waals surface area contributed by atoms with Crippen molar-refractivity contribution >= 4 is 22.5 Å². The second-order valence-electron chi connectivity index (χ2n) is 4.60. The Morgan fingerprint density at radius 2 is 2.10 bits per heavy atom. The van der Waals surface area contributed by atoms with Gasteiger partial charge in [-0.05, 0) is 31.9 Å². The number of aryl methyl sites for hydroxylation is 2. The maximum absolute atomic E-state index is 11.8. The molecule has 0 saturated carbocycles. The summed E-state index contributed by atoms with van der Waals surface area (Å²) in [6, 6.07) is 7.55. The number of amides is 2. The Kier molecular flexibility index (Phi) is 5.16. The predicted octanol–water partition coefficient (Wildman–Crippen LogP) is 3.13. The molecule has 1 aromatic heterocycles. The summed E-state index contributed by atoms with van der Waals surface area (Å²) in [6.07, 6.45) is 0.716. The fourth-order valence-electron chi connectivity index (χ4n) is 1.89. The molecule has 5 nitrogen and oxygen atoms in total. The molecule has 2 amide bonds. The van der Waals surface area contributed by atoms with Gasteiger partial charge in [0.15, 0.2) is 5.13 Å². The Morgan fingerprint density at radius 3 is 2.76 bits per heavy atom. The van der Waals surface area contributed by atoms with Gasteiger partial charge in [0.2, 0.25) is 0 Å². The van der Waals surface area contributed by atoms with Gasteiger partial charge >= 0.3 is 6.03 Å². The van der Waals surface area contributed by atoms with E-state index in [-0.39, 0.29) is 6.03 Å². The van der Waals surface area contributed by atoms with Crippen molar-refractivity contribution in [3.8, 4) is 5.75 Å². The van der Waals surface area contributed by atoms with Gasteiger partial charge in [-0.1, -0.05) is 18.2 Å². The molecule has 0 fully saturated rings. The van der Waals surface area contributed by atoms with Gasteiger partial charge in [0.1, 0.15) is 5.75 Å². The minimum atomic E-state index is -0.237. The van der Waals surface area contributed by atoms with Gasteiger partial charge < -0.3 is 10.1 Å². The van der Waals surface area contributed by atoms with Gasteiger partial charge in [-0.2, -0.15) is 0 Å². The molecule has 2 rings (SSSR count). The van der Waals surface area contributed by atoms with E-state index in [1.807, 2.05) is 38.1 Å². The number of ether oxygens (including phenoxy) is 1. The summed E-state index contributed by atoms with van der Waals surface area (Å²) in [7, 11) is 1.64. The number of methoxy groups -OCH3 is 1. The van der Waals surface area contributed by atoms with Gasteiger partial charge in [0.25, 0.3) is 0 Å². The van der Waals surface area contributed by atoms with E-state index >= 15 is 0 Å². The molecular formula is C15H19N3O2S. The third-order valence-corrected chi connectivity index (χ3v) is 4.11. The lowest BCUT2D eigenvalue weighted by atomic mass is 10.1. The smallest absolute Gasteiger partial charge is 0.321 e. The van der Waals surface area contributed by atoms with Crippen LogP contribution in [0.15, 0.2) is 24.3 Å². The lowest BCUT2D eigenvalue weighted by Crippen LogP contribution is -2.30. The first-order valence-corrected chi connectivity index (χ1v) is 7.52. The van der Waals surface area contributed by atoms with E-state index in [9.17, 15) is 4.79 Å². The summed E-state index contributed by atoms with van der Waals surface area (Å²) < 4.78 is 5.28. The molecule has 1 heterocycles. The van der Waals surface area contributed by atoms with Crippen LogP contribution in [0, 0.1) is 13.8 Å². The quantitative estimate of drug-likeness (QED) is 0.892. The average Bonchev–Trinajstić information content (AvgIpc) is 2.77. The number of hydrogen-bond acceptors (Lipinski definition) is 4. The average molecular weight is 305 g/mol. The van der Waals surface area contributed by atoms with Crippen molar-refractivity contribution in [2.75, 3.05) is 19.0 Å². The number of thiazole rings is 1. The van der Waals surface area contributed by atoms with Crippen LogP contribution >= 0.6 is 11.3 Å². The molecule has 0 unspecified atom stereocenters. The monoisotopic (exact) mass is 305 g/mol. The van der Waals surface area contributed by atoms with Crippen LogP contribution in [0.1, 0.15) is 16.1 Å². The van der Waals surface area contributed by atoms with Crippen molar-refractivity contribution in [2.45, 2.75) is 20.3 Å². The van der Waals surface area contributed by atoms with Crippen molar-refractivity contribution < 1.29 is 9.53 Å². The van der Waals surface area contributed by atoms with Crippen molar-refractivity contribution in [2.24, 2.45) is 0 Å². The summed E-state index contributed by atoms with van der Waals surface area (Å²) in [6.45, 7) is 4.45. The molecule has 6 heteroatoms. The lowest BCUT2D eigenvalue weighted by Gasteiger charge is -2.09. The SMILES string of the molecule is COc1ccccc1CCNC(=O)Nc1nc(C)c(C)s1. The Morgan fingerprint density at radius 1 is 1.33 bits per heavy atom. The highest BCUT2D eigenvalue weighted by Gasteiger charge is 2.08.